The van der Waals surface area contributed by atoms with Gasteiger partial charge in [0.25, 0.3) is 10.0 Å². The van der Waals surface area contributed by atoms with Gasteiger partial charge < -0.3 is 15.5 Å². The minimum Gasteiger partial charge on any atom is -0.382 e. The highest BCUT2D eigenvalue weighted by molar-refractivity contribution is 7.90. The van der Waals surface area contributed by atoms with Gasteiger partial charge in [-0.1, -0.05) is 0 Å². The highest BCUT2D eigenvalue weighted by atomic mass is 32.2. The molecular weight excluding hydrogens is 609 g/mol. The molecule has 0 atom stereocenters. The fraction of sp³-hybridized carbons (Fsp3) is 0.483. The molecule has 4 aromatic rings. The number of rotatable bonds is 12. The monoisotopic (exact) mass is 644 g/mol. The molecule has 0 amide bonds. The molecule has 16 heteroatoms. The Morgan fingerprint density at radius 2 is 1.84 bits per heavy atom. The maximum atomic E-state index is 14.9. The normalized spacial score (nSPS) is 18.9. The first-order chi connectivity index (χ1) is 21.6. The van der Waals surface area contributed by atoms with E-state index in [9.17, 15) is 21.6 Å². The topological polar surface area (TPSA) is 136 Å². The van der Waals surface area contributed by atoms with Crippen molar-refractivity contribution in [1.82, 2.24) is 38.8 Å². The average Bonchev–Trinajstić information content (AvgIpc) is 3.55. The lowest BCUT2D eigenvalue weighted by Crippen LogP contribution is -2.28. The van der Waals surface area contributed by atoms with Crippen LogP contribution in [0, 0.1) is 11.7 Å². The molecule has 12 nitrogen and oxygen atoms in total. The summed E-state index contributed by atoms with van der Waals surface area (Å²) in [5.41, 5.74) is 1.78. The first kappa shape index (κ1) is 31.0. The summed E-state index contributed by atoms with van der Waals surface area (Å²) >= 11 is 0. The van der Waals surface area contributed by atoms with Gasteiger partial charge >= 0.3 is 6.55 Å². The SMILES string of the molecule is CN(C)CCC1CCC(Nc2cc(Nc3nc(-c4cnn(S(=O)(=O)C5CC5)c4)ncc3F)ncc2-c2ccn(C(F)F)n2)CC1. The second kappa shape index (κ2) is 12.7. The van der Waals surface area contributed by atoms with E-state index in [1.54, 1.807) is 6.07 Å². The van der Waals surface area contributed by atoms with Gasteiger partial charge in [0.15, 0.2) is 17.5 Å². The van der Waals surface area contributed by atoms with Gasteiger partial charge in [0, 0.05) is 35.8 Å². The summed E-state index contributed by atoms with van der Waals surface area (Å²) in [7, 11) is 0.562. The fourth-order valence-electron chi connectivity index (χ4n) is 5.49. The van der Waals surface area contributed by atoms with Gasteiger partial charge in [-0.25, -0.2) is 32.4 Å². The van der Waals surface area contributed by atoms with Gasteiger partial charge in [-0.2, -0.15) is 23.1 Å². The van der Waals surface area contributed by atoms with Crippen molar-refractivity contribution >= 4 is 27.3 Å². The third kappa shape index (κ3) is 7.11. The van der Waals surface area contributed by atoms with Crippen LogP contribution in [-0.4, -0.2) is 79.2 Å². The van der Waals surface area contributed by atoms with Crippen LogP contribution in [0.5, 0.6) is 0 Å². The second-order valence-corrected chi connectivity index (χ2v) is 14.0. The maximum absolute atomic E-state index is 14.9. The predicted octanol–water partition coefficient (Wildman–Crippen LogP) is 5.14. The predicted molar refractivity (Wildman–Crippen MR) is 163 cm³/mol. The van der Waals surface area contributed by atoms with Gasteiger partial charge in [0.2, 0.25) is 0 Å². The first-order valence-corrected chi connectivity index (χ1v) is 16.4. The van der Waals surface area contributed by atoms with Crippen molar-refractivity contribution < 1.29 is 21.6 Å². The van der Waals surface area contributed by atoms with Crippen molar-refractivity contribution in [3.63, 3.8) is 0 Å². The molecule has 2 fully saturated rings. The maximum Gasteiger partial charge on any atom is 0.333 e. The zero-order chi connectivity index (χ0) is 31.7. The Balaban J connectivity index is 1.24. The average molecular weight is 645 g/mol. The van der Waals surface area contributed by atoms with Crippen molar-refractivity contribution in [1.29, 1.82) is 0 Å². The Labute approximate surface area is 259 Å². The zero-order valence-corrected chi connectivity index (χ0v) is 25.8. The summed E-state index contributed by atoms with van der Waals surface area (Å²) < 4.78 is 68.0. The summed E-state index contributed by atoms with van der Waals surface area (Å²) in [5.74, 6) is 0.0628. The Bertz CT molecular complexity index is 1750. The van der Waals surface area contributed by atoms with Crippen LogP contribution >= 0.6 is 0 Å². The Morgan fingerprint density at radius 1 is 1.07 bits per heavy atom. The lowest BCUT2D eigenvalue weighted by molar-refractivity contribution is 0.0568. The second-order valence-electron chi connectivity index (χ2n) is 11.9. The van der Waals surface area contributed by atoms with E-state index in [2.05, 4.69) is 54.8 Å². The molecule has 0 aliphatic heterocycles. The first-order valence-electron chi connectivity index (χ1n) is 14.9. The number of anilines is 3. The van der Waals surface area contributed by atoms with E-state index in [4.69, 9.17) is 0 Å². The Kier molecular flexibility index (Phi) is 8.77. The van der Waals surface area contributed by atoms with Crippen LogP contribution in [0.4, 0.5) is 30.5 Å². The van der Waals surface area contributed by atoms with Crippen molar-refractivity contribution in [2.24, 2.45) is 5.92 Å². The summed E-state index contributed by atoms with van der Waals surface area (Å²) in [6, 6.07) is 3.33. The number of alkyl halides is 2. The summed E-state index contributed by atoms with van der Waals surface area (Å²) in [4.78, 5) is 14.9. The molecule has 0 spiro atoms. The van der Waals surface area contributed by atoms with Crippen molar-refractivity contribution in [2.75, 3.05) is 31.3 Å². The van der Waals surface area contributed by atoms with Crippen LogP contribution < -0.4 is 10.6 Å². The Hall–Kier alpha value is -4.05. The molecule has 4 aromatic heterocycles. The lowest BCUT2D eigenvalue weighted by Gasteiger charge is -2.31. The smallest absolute Gasteiger partial charge is 0.333 e. The number of nitrogens with one attached hydrogen (secondary N) is 2. The van der Waals surface area contributed by atoms with Gasteiger partial charge in [0.05, 0.1) is 35.1 Å². The van der Waals surface area contributed by atoms with E-state index in [1.165, 1.54) is 30.9 Å². The van der Waals surface area contributed by atoms with E-state index in [-0.39, 0.29) is 23.5 Å². The van der Waals surface area contributed by atoms with Gasteiger partial charge in [-0.05, 0) is 77.6 Å². The summed E-state index contributed by atoms with van der Waals surface area (Å²) in [5, 5.41) is 14.0. The van der Waals surface area contributed by atoms with Crippen LogP contribution in [0.15, 0.2) is 43.1 Å². The summed E-state index contributed by atoms with van der Waals surface area (Å²) in [6.45, 7) is -1.74. The van der Waals surface area contributed by atoms with Crippen molar-refractivity contribution in [2.45, 2.75) is 62.8 Å². The minimum atomic E-state index is -3.58. The van der Waals surface area contributed by atoms with E-state index in [1.807, 2.05) is 0 Å². The van der Waals surface area contributed by atoms with E-state index in [0.29, 0.717) is 45.9 Å². The summed E-state index contributed by atoms with van der Waals surface area (Å²) in [6.07, 6.45) is 12.7. The molecule has 0 aromatic carbocycles. The van der Waals surface area contributed by atoms with Crippen LogP contribution in [0.2, 0.25) is 0 Å². The number of nitrogens with zero attached hydrogens (tertiary/aromatic N) is 8. The highest BCUT2D eigenvalue weighted by Gasteiger charge is 2.37. The zero-order valence-electron chi connectivity index (χ0n) is 24.9. The number of pyridine rings is 1. The highest BCUT2D eigenvalue weighted by Crippen LogP contribution is 2.35. The number of hydrogen-bond acceptors (Lipinski definition) is 10. The van der Waals surface area contributed by atoms with Gasteiger partial charge in [-0.15, -0.1) is 0 Å². The quantitative estimate of drug-likeness (QED) is 0.213. The molecule has 6 rings (SSSR count). The number of hydrogen-bond donors (Lipinski definition) is 2. The molecule has 45 heavy (non-hydrogen) atoms. The van der Waals surface area contributed by atoms with Crippen LogP contribution in [0.1, 0.15) is 51.5 Å². The minimum absolute atomic E-state index is 0.0784. The molecule has 2 aliphatic rings. The molecule has 0 bridgehead atoms. The molecular formula is C29H35F3N10O2S. The third-order valence-corrected chi connectivity index (χ3v) is 10.2. The van der Waals surface area contributed by atoms with E-state index in [0.717, 1.165) is 48.9 Å². The van der Waals surface area contributed by atoms with Crippen LogP contribution in [0.25, 0.3) is 22.6 Å². The Morgan fingerprint density at radius 3 is 2.53 bits per heavy atom. The van der Waals surface area contributed by atoms with E-state index < -0.39 is 27.6 Å². The molecule has 4 heterocycles. The van der Waals surface area contributed by atoms with Gasteiger partial charge in [-0.3, -0.25) is 0 Å². The molecule has 2 aliphatic carbocycles. The van der Waals surface area contributed by atoms with E-state index >= 15 is 0 Å². The standard InChI is InChI=1S/C29H35F3N10O2S/c1-40(2)11-9-18-3-5-20(6-4-18)36-25-13-26(33-15-22(25)24-10-12-41(39-24)29(31)32)37-28-23(30)16-34-27(38-28)19-14-35-42(17-19)45(43,44)21-7-8-21/h10,12-18,20-21,29H,3-9,11H2,1-2H3,(H2,33,34,36,37,38). The van der Waals surface area contributed by atoms with Crippen LogP contribution in [-0.2, 0) is 10.0 Å². The molecule has 0 saturated heterocycles. The molecule has 0 radical (unpaired) electrons. The van der Waals surface area contributed by atoms with Crippen LogP contribution in [0.3, 0.4) is 0 Å². The van der Waals surface area contributed by atoms with Gasteiger partial charge in [0.1, 0.15) is 5.82 Å². The fourth-order valence-corrected chi connectivity index (χ4v) is 6.96. The molecule has 0 unspecified atom stereocenters. The number of halogens is 3. The van der Waals surface area contributed by atoms with Crippen molar-refractivity contribution in [3.8, 4) is 22.6 Å². The number of aromatic nitrogens is 7. The third-order valence-electron chi connectivity index (χ3n) is 8.19. The molecule has 2 saturated carbocycles. The molecule has 2 N–H and O–H groups in total. The lowest BCUT2D eigenvalue weighted by atomic mass is 9.84. The molecule has 240 valence electrons. The largest absolute Gasteiger partial charge is 0.382 e. The van der Waals surface area contributed by atoms with Crippen molar-refractivity contribution in [3.05, 3.63) is 48.9 Å².